The summed E-state index contributed by atoms with van der Waals surface area (Å²) in [5.41, 5.74) is 1.71. The molecule has 0 aliphatic heterocycles. The molecule has 0 aliphatic rings. The van der Waals surface area contributed by atoms with Gasteiger partial charge in [0.05, 0.1) is 33.5 Å². The number of likely N-dealkylation sites (N-methyl/N-ethyl adjacent to an activating group) is 1. The average molecular weight is 520 g/mol. The molecule has 4 aromatic rings. The van der Waals surface area contributed by atoms with Crippen molar-refractivity contribution in [3.8, 4) is 11.5 Å². The summed E-state index contributed by atoms with van der Waals surface area (Å²) in [5, 5.41) is 4.25. The van der Waals surface area contributed by atoms with Gasteiger partial charge in [-0.25, -0.2) is 4.98 Å². The minimum Gasteiger partial charge on any atom is -0.457 e. The van der Waals surface area contributed by atoms with E-state index in [1.54, 1.807) is 30.6 Å². The van der Waals surface area contributed by atoms with Crippen LogP contribution in [0.1, 0.15) is 22.8 Å². The highest BCUT2D eigenvalue weighted by atomic mass is 35.5. The summed E-state index contributed by atoms with van der Waals surface area (Å²) in [6, 6.07) is 14.3. The number of aromatic nitrogens is 2. The second kappa shape index (κ2) is 10.6. The summed E-state index contributed by atoms with van der Waals surface area (Å²) < 4.78 is 5.85. The molecule has 1 atom stereocenters. The van der Waals surface area contributed by atoms with Gasteiger partial charge < -0.3 is 29.6 Å². The van der Waals surface area contributed by atoms with Crippen molar-refractivity contribution in [1.82, 2.24) is 14.9 Å². The maximum absolute atomic E-state index is 13.8. The summed E-state index contributed by atoms with van der Waals surface area (Å²) in [7, 11) is 7.57. The second-order valence-electron chi connectivity index (χ2n) is 9.62. The Labute approximate surface area is 221 Å². The molecule has 2 heterocycles. The van der Waals surface area contributed by atoms with E-state index in [0.717, 1.165) is 12.0 Å². The van der Waals surface area contributed by atoms with Crippen LogP contribution in [0, 0.1) is 0 Å². The normalized spacial score (nSPS) is 12.8. The fourth-order valence-electron chi connectivity index (χ4n) is 4.29. The summed E-state index contributed by atoms with van der Waals surface area (Å²) in [6.45, 7) is 2.28. The maximum Gasteiger partial charge on any atom is 0.196 e. The zero-order valence-corrected chi connectivity index (χ0v) is 22.3. The molecule has 0 saturated heterocycles. The predicted molar refractivity (Wildman–Crippen MR) is 148 cm³/mol. The van der Waals surface area contributed by atoms with Gasteiger partial charge in [-0.05, 0) is 45.3 Å². The molecule has 0 spiro atoms. The Hall–Kier alpha value is -3.88. The van der Waals surface area contributed by atoms with Crippen molar-refractivity contribution in [2.24, 2.45) is 0 Å². The molecule has 37 heavy (non-hydrogen) atoms. The van der Waals surface area contributed by atoms with E-state index >= 15 is 0 Å². The zero-order chi connectivity index (χ0) is 26.7. The number of anilines is 2. The second-order valence-corrected chi connectivity index (χ2v) is 10.0. The van der Waals surface area contributed by atoms with Crippen LogP contribution in [0.4, 0.5) is 11.4 Å². The van der Waals surface area contributed by atoms with Gasteiger partial charge in [0.2, 0.25) is 0 Å². The number of aldehydes is 1. The van der Waals surface area contributed by atoms with Crippen molar-refractivity contribution in [2.75, 3.05) is 45.0 Å². The van der Waals surface area contributed by atoms with E-state index in [9.17, 15) is 9.59 Å². The number of H-pyrrole nitrogens is 1. The van der Waals surface area contributed by atoms with Crippen molar-refractivity contribution in [3.63, 3.8) is 0 Å². The summed E-state index contributed by atoms with van der Waals surface area (Å²) in [5.74, 6) is 0.919. The molecule has 9 heteroatoms. The number of halogens is 1. The van der Waals surface area contributed by atoms with Crippen LogP contribution in [-0.4, -0.2) is 67.2 Å². The molecule has 8 nitrogen and oxygen atoms in total. The van der Waals surface area contributed by atoms with Gasteiger partial charge in [0.25, 0.3) is 0 Å². The number of aromatic amines is 1. The minimum absolute atomic E-state index is 0.268. The first-order valence-electron chi connectivity index (χ1n) is 11.8. The lowest BCUT2D eigenvalue weighted by Gasteiger charge is -2.31. The molecule has 0 radical (unpaired) electrons. The van der Waals surface area contributed by atoms with E-state index < -0.39 is 5.54 Å². The zero-order valence-electron chi connectivity index (χ0n) is 21.5. The fourth-order valence-corrected chi connectivity index (χ4v) is 4.55. The quantitative estimate of drug-likeness (QED) is 0.219. The first-order chi connectivity index (χ1) is 17.6. The number of nitrogens with one attached hydrogen (secondary N) is 2. The van der Waals surface area contributed by atoms with Gasteiger partial charge in [-0.2, -0.15) is 0 Å². The fraction of sp³-hybridized carbons (Fsp3) is 0.250. The number of pyridine rings is 1. The van der Waals surface area contributed by atoms with Gasteiger partial charge in [-0.3, -0.25) is 4.79 Å². The van der Waals surface area contributed by atoms with E-state index in [1.165, 1.54) is 0 Å². The number of carbonyl (C=O) groups excluding carboxylic acids is 2. The Morgan fingerprint density at radius 1 is 1.11 bits per heavy atom. The topological polar surface area (TPSA) is 90.6 Å². The molecule has 0 saturated carbocycles. The van der Waals surface area contributed by atoms with Crippen LogP contribution in [0.2, 0.25) is 5.02 Å². The van der Waals surface area contributed by atoms with Gasteiger partial charge >= 0.3 is 0 Å². The molecule has 0 bridgehead atoms. The van der Waals surface area contributed by atoms with Crippen molar-refractivity contribution in [1.29, 1.82) is 0 Å². The molecule has 192 valence electrons. The third kappa shape index (κ3) is 5.60. The number of para-hydroxylation sites is 1. The van der Waals surface area contributed by atoms with E-state index in [0.29, 0.717) is 45.9 Å². The highest BCUT2D eigenvalue weighted by molar-refractivity contribution is 6.36. The van der Waals surface area contributed by atoms with Crippen LogP contribution in [0.5, 0.6) is 11.5 Å². The van der Waals surface area contributed by atoms with E-state index in [2.05, 4.69) is 15.3 Å². The Bertz CT molecular complexity index is 1430. The van der Waals surface area contributed by atoms with Gasteiger partial charge in [0.15, 0.2) is 5.78 Å². The number of hydrogen-bond donors (Lipinski definition) is 2. The number of hydrogen-bond acceptors (Lipinski definition) is 7. The molecule has 0 amide bonds. The average Bonchev–Trinajstić information content (AvgIpc) is 3.29. The number of nitrogens with zero attached hydrogens (tertiary/aromatic N) is 3. The molecule has 1 unspecified atom stereocenters. The SMILES string of the molecule is CN(C)CC(C)(C=O)Nc1c(N(C)C)cnc2[nH]cc(C(=O)c3ccc(Oc4ccccc4)cc3Cl)c12. The van der Waals surface area contributed by atoms with Crippen molar-refractivity contribution < 1.29 is 14.3 Å². The van der Waals surface area contributed by atoms with Crippen molar-refractivity contribution >= 4 is 46.1 Å². The molecule has 0 aliphatic carbocycles. The molecular weight excluding hydrogens is 490 g/mol. The molecule has 4 rings (SSSR count). The standard InChI is InChI=1S/C28H30ClN5O3/c1-28(17-35,16-33(2)3)32-25-23(34(4)5)15-31-27-24(25)21(14-30-27)26(36)20-12-11-19(13-22(20)29)37-18-9-7-6-8-10-18/h6-15,17H,16H2,1-5H3,(H2,30,31,32). The van der Waals surface area contributed by atoms with Crippen molar-refractivity contribution in [3.05, 3.63) is 77.1 Å². The third-order valence-corrected chi connectivity index (χ3v) is 6.20. The summed E-state index contributed by atoms with van der Waals surface area (Å²) >= 11 is 6.56. The van der Waals surface area contributed by atoms with Crippen molar-refractivity contribution in [2.45, 2.75) is 12.5 Å². The van der Waals surface area contributed by atoms with E-state index in [-0.39, 0.29) is 10.8 Å². The van der Waals surface area contributed by atoms with Crippen LogP contribution in [0.15, 0.2) is 60.9 Å². The van der Waals surface area contributed by atoms with Crippen LogP contribution in [0.3, 0.4) is 0 Å². The Morgan fingerprint density at radius 3 is 2.46 bits per heavy atom. The monoisotopic (exact) mass is 519 g/mol. The Morgan fingerprint density at radius 2 is 1.84 bits per heavy atom. The minimum atomic E-state index is -0.909. The largest absolute Gasteiger partial charge is 0.457 e. The van der Waals surface area contributed by atoms with Gasteiger partial charge in [-0.1, -0.05) is 29.8 Å². The smallest absolute Gasteiger partial charge is 0.196 e. The summed E-state index contributed by atoms with van der Waals surface area (Å²) in [4.78, 5) is 37.3. The first kappa shape index (κ1) is 26.2. The number of ether oxygens (including phenoxy) is 1. The lowest BCUT2D eigenvalue weighted by Crippen LogP contribution is -2.46. The van der Waals surface area contributed by atoms with E-state index in [4.69, 9.17) is 16.3 Å². The highest BCUT2D eigenvalue weighted by Crippen LogP contribution is 2.37. The van der Waals surface area contributed by atoms with Crippen LogP contribution >= 0.6 is 11.6 Å². The molecular formula is C28H30ClN5O3. The molecule has 0 fully saturated rings. The Kier molecular flexibility index (Phi) is 7.52. The Balaban J connectivity index is 1.77. The number of rotatable bonds is 10. The maximum atomic E-state index is 13.8. The third-order valence-electron chi connectivity index (χ3n) is 5.89. The number of carbonyl (C=O) groups is 2. The van der Waals surface area contributed by atoms with Crippen LogP contribution in [0.25, 0.3) is 11.0 Å². The van der Waals surface area contributed by atoms with Crippen LogP contribution < -0.4 is 15.0 Å². The molecule has 2 N–H and O–H groups in total. The van der Waals surface area contributed by atoms with E-state index in [1.807, 2.05) is 75.2 Å². The van der Waals surface area contributed by atoms with Crippen LogP contribution in [-0.2, 0) is 4.79 Å². The van der Waals surface area contributed by atoms with Gasteiger partial charge in [-0.15, -0.1) is 0 Å². The highest BCUT2D eigenvalue weighted by Gasteiger charge is 2.29. The lowest BCUT2D eigenvalue weighted by molar-refractivity contribution is -0.111. The lowest BCUT2D eigenvalue weighted by atomic mass is 9.99. The van der Waals surface area contributed by atoms with Gasteiger partial charge in [0.1, 0.15) is 29.0 Å². The predicted octanol–water partition coefficient (Wildman–Crippen LogP) is 5.24. The number of benzene rings is 2. The first-order valence-corrected chi connectivity index (χ1v) is 12.1. The molecule has 2 aromatic carbocycles. The molecule has 2 aromatic heterocycles. The van der Waals surface area contributed by atoms with Gasteiger partial charge in [0, 0.05) is 38.5 Å². The summed E-state index contributed by atoms with van der Waals surface area (Å²) in [6.07, 6.45) is 4.22. The number of ketones is 1. The number of fused-ring (bicyclic) bond motifs is 1.